The van der Waals surface area contributed by atoms with Crippen LogP contribution < -0.4 is 15.8 Å². The Labute approximate surface area is 122 Å². The van der Waals surface area contributed by atoms with Gasteiger partial charge in [0, 0.05) is 18.3 Å². The van der Waals surface area contributed by atoms with E-state index in [2.05, 4.69) is 10.3 Å². The van der Waals surface area contributed by atoms with Crippen molar-refractivity contribution in [3.05, 3.63) is 36.2 Å². The van der Waals surface area contributed by atoms with Gasteiger partial charge in [0.15, 0.2) is 5.69 Å². The van der Waals surface area contributed by atoms with Crippen molar-refractivity contribution in [2.75, 3.05) is 25.1 Å². The molecule has 7 nitrogen and oxygen atoms in total. The lowest BCUT2D eigenvalue weighted by Gasteiger charge is -2.06. The summed E-state index contributed by atoms with van der Waals surface area (Å²) in [6.45, 7) is 2.90. The smallest absolute Gasteiger partial charge is 0.360 e. The SMILES string of the molecule is CCOC(=O)c1coc(Nc2cccc(OCCN)c2)n1. The van der Waals surface area contributed by atoms with Gasteiger partial charge < -0.3 is 24.9 Å². The molecule has 0 spiro atoms. The number of oxazole rings is 1. The first-order chi connectivity index (χ1) is 10.2. The number of anilines is 2. The summed E-state index contributed by atoms with van der Waals surface area (Å²) in [6.07, 6.45) is 1.25. The molecule has 1 aromatic carbocycles. The second-order valence-corrected chi connectivity index (χ2v) is 4.05. The first-order valence-electron chi connectivity index (χ1n) is 6.55. The molecule has 2 rings (SSSR count). The van der Waals surface area contributed by atoms with Gasteiger partial charge in [-0.1, -0.05) is 6.07 Å². The highest BCUT2D eigenvalue weighted by Crippen LogP contribution is 2.21. The number of hydrogen-bond acceptors (Lipinski definition) is 7. The van der Waals surface area contributed by atoms with E-state index < -0.39 is 5.97 Å². The van der Waals surface area contributed by atoms with Crippen LogP contribution in [0.3, 0.4) is 0 Å². The Kier molecular flexibility index (Phi) is 5.16. The van der Waals surface area contributed by atoms with Gasteiger partial charge in [-0.05, 0) is 19.1 Å². The van der Waals surface area contributed by atoms with Gasteiger partial charge in [0.1, 0.15) is 18.6 Å². The third-order valence-corrected chi connectivity index (χ3v) is 2.46. The summed E-state index contributed by atoms with van der Waals surface area (Å²) in [5.41, 5.74) is 6.23. The second kappa shape index (κ2) is 7.30. The minimum atomic E-state index is -0.519. The van der Waals surface area contributed by atoms with Gasteiger partial charge in [-0.25, -0.2) is 4.79 Å². The Morgan fingerprint density at radius 3 is 3.10 bits per heavy atom. The predicted molar refractivity (Wildman–Crippen MR) is 76.7 cm³/mol. The van der Waals surface area contributed by atoms with Gasteiger partial charge in [0.2, 0.25) is 0 Å². The lowest BCUT2D eigenvalue weighted by molar-refractivity contribution is 0.0519. The molecule has 112 valence electrons. The average Bonchev–Trinajstić information content (AvgIpc) is 2.94. The molecule has 0 aliphatic rings. The fourth-order valence-electron chi connectivity index (χ4n) is 1.59. The Morgan fingerprint density at radius 1 is 1.48 bits per heavy atom. The quantitative estimate of drug-likeness (QED) is 0.752. The van der Waals surface area contributed by atoms with E-state index in [0.29, 0.717) is 18.9 Å². The highest BCUT2D eigenvalue weighted by atomic mass is 16.5. The van der Waals surface area contributed by atoms with Crippen LogP contribution in [-0.2, 0) is 4.74 Å². The molecule has 1 aromatic heterocycles. The minimum Gasteiger partial charge on any atom is -0.492 e. The molecule has 0 saturated heterocycles. The van der Waals surface area contributed by atoms with Gasteiger partial charge in [-0.15, -0.1) is 0 Å². The first kappa shape index (κ1) is 14.9. The van der Waals surface area contributed by atoms with Gasteiger partial charge in [0.25, 0.3) is 6.01 Å². The predicted octanol–water partition coefficient (Wildman–Crippen LogP) is 1.93. The summed E-state index contributed by atoms with van der Waals surface area (Å²) in [7, 11) is 0. The normalized spacial score (nSPS) is 10.2. The van der Waals surface area contributed by atoms with Crippen LogP contribution in [0.15, 0.2) is 34.9 Å². The molecular formula is C14H17N3O4. The molecule has 0 fully saturated rings. The van der Waals surface area contributed by atoms with Crippen LogP contribution in [0.2, 0.25) is 0 Å². The van der Waals surface area contributed by atoms with E-state index in [0.717, 1.165) is 5.69 Å². The fraction of sp³-hybridized carbons (Fsp3) is 0.286. The zero-order valence-corrected chi connectivity index (χ0v) is 11.7. The summed E-state index contributed by atoms with van der Waals surface area (Å²) < 4.78 is 15.4. The maximum Gasteiger partial charge on any atom is 0.360 e. The van der Waals surface area contributed by atoms with Crippen LogP contribution in [0, 0.1) is 0 Å². The zero-order valence-electron chi connectivity index (χ0n) is 11.7. The van der Waals surface area contributed by atoms with Gasteiger partial charge >= 0.3 is 5.97 Å². The largest absolute Gasteiger partial charge is 0.492 e. The Bertz CT molecular complexity index is 597. The van der Waals surface area contributed by atoms with Crippen LogP contribution in [0.4, 0.5) is 11.7 Å². The van der Waals surface area contributed by atoms with Crippen molar-refractivity contribution in [3.63, 3.8) is 0 Å². The molecule has 0 aliphatic carbocycles. The topological polar surface area (TPSA) is 99.6 Å². The molecule has 0 saturated carbocycles. The number of nitrogens with two attached hydrogens (primary N) is 1. The molecule has 0 radical (unpaired) electrons. The zero-order chi connectivity index (χ0) is 15.1. The summed E-state index contributed by atoms with van der Waals surface area (Å²) in [4.78, 5) is 15.5. The number of nitrogens with one attached hydrogen (secondary N) is 1. The van der Waals surface area contributed by atoms with Crippen molar-refractivity contribution >= 4 is 17.7 Å². The van der Waals surface area contributed by atoms with Gasteiger partial charge in [-0.2, -0.15) is 4.98 Å². The van der Waals surface area contributed by atoms with E-state index in [1.807, 2.05) is 18.2 Å². The van der Waals surface area contributed by atoms with E-state index in [-0.39, 0.29) is 18.3 Å². The van der Waals surface area contributed by atoms with Crippen LogP contribution in [0.25, 0.3) is 0 Å². The van der Waals surface area contributed by atoms with Crippen molar-refractivity contribution in [1.82, 2.24) is 4.98 Å². The number of aromatic nitrogens is 1. The third-order valence-electron chi connectivity index (χ3n) is 2.46. The molecule has 0 atom stereocenters. The number of nitrogens with zero attached hydrogens (tertiary/aromatic N) is 1. The number of hydrogen-bond donors (Lipinski definition) is 2. The third kappa shape index (κ3) is 4.22. The van der Waals surface area contributed by atoms with Crippen molar-refractivity contribution in [2.45, 2.75) is 6.92 Å². The maximum absolute atomic E-state index is 11.5. The number of esters is 1. The van der Waals surface area contributed by atoms with Crippen molar-refractivity contribution in [1.29, 1.82) is 0 Å². The first-order valence-corrected chi connectivity index (χ1v) is 6.55. The van der Waals surface area contributed by atoms with E-state index in [1.165, 1.54) is 6.26 Å². The monoisotopic (exact) mass is 291 g/mol. The molecule has 2 aromatic rings. The maximum atomic E-state index is 11.5. The highest BCUT2D eigenvalue weighted by molar-refractivity contribution is 5.87. The molecule has 21 heavy (non-hydrogen) atoms. The van der Waals surface area contributed by atoms with E-state index in [9.17, 15) is 4.79 Å². The van der Waals surface area contributed by atoms with E-state index in [4.69, 9.17) is 19.6 Å². The molecule has 7 heteroatoms. The molecule has 3 N–H and O–H groups in total. The van der Waals surface area contributed by atoms with Crippen molar-refractivity contribution in [2.24, 2.45) is 5.73 Å². The highest BCUT2D eigenvalue weighted by Gasteiger charge is 2.13. The Morgan fingerprint density at radius 2 is 2.33 bits per heavy atom. The lowest BCUT2D eigenvalue weighted by atomic mass is 10.3. The molecule has 1 heterocycles. The second-order valence-electron chi connectivity index (χ2n) is 4.05. The molecule has 0 bridgehead atoms. The van der Waals surface area contributed by atoms with Crippen LogP contribution in [-0.4, -0.2) is 30.7 Å². The van der Waals surface area contributed by atoms with Crippen LogP contribution in [0.1, 0.15) is 17.4 Å². The standard InChI is InChI=1S/C14H17N3O4/c1-2-19-13(18)12-9-21-14(17-12)16-10-4-3-5-11(8-10)20-7-6-15/h3-5,8-9H,2,6-7,15H2,1H3,(H,16,17). The number of carbonyl (C=O) groups excluding carboxylic acids is 1. The van der Waals surface area contributed by atoms with E-state index in [1.54, 1.807) is 13.0 Å². The van der Waals surface area contributed by atoms with Gasteiger partial charge in [-0.3, -0.25) is 0 Å². The molecule has 0 amide bonds. The average molecular weight is 291 g/mol. The van der Waals surface area contributed by atoms with Gasteiger partial charge in [0.05, 0.1) is 6.61 Å². The van der Waals surface area contributed by atoms with Crippen LogP contribution in [0.5, 0.6) is 5.75 Å². The van der Waals surface area contributed by atoms with Crippen molar-refractivity contribution in [3.8, 4) is 5.75 Å². The number of rotatable bonds is 7. The summed E-state index contributed by atoms with van der Waals surface area (Å²) in [5.74, 6) is 0.164. The fourth-order valence-corrected chi connectivity index (χ4v) is 1.59. The Balaban J connectivity index is 2.03. The van der Waals surface area contributed by atoms with Crippen LogP contribution >= 0.6 is 0 Å². The molecular weight excluding hydrogens is 274 g/mol. The summed E-state index contributed by atoms with van der Waals surface area (Å²) >= 11 is 0. The molecule has 0 aliphatic heterocycles. The summed E-state index contributed by atoms with van der Waals surface area (Å²) in [6, 6.07) is 7.45. The molecule has 0 unspecified atom stereocenters. The Hall–Kier alpha value is -2.54. The number of ether oxygens (including phenoxy) is 2. The number of benzene rings is 1. The van der Waals surface area contributed by atoms with E-state index >= 15 is 0 Å². The lowest BCUT2D eigenvalue weighted by Crippen LogP contribution is -2.10. The minimum absolute atomic E-state index is 0.120. The van der Waals surface area contributed by atoms with Crippen molar-refractivity contribution < 1.29 is 18.7 Å². The summed E-state index contributed by atoms with van der Waals surface area (Å²) in [5, 5.41) is 2.94. The number of carbonyl (C=O) groups is 1.